The first-order valence-electron chi connectivity index (χ1n) is 4.53. The van der Waals surface area contributed by atoms with Crippen LogP contribution in [-0.2, 0) is 5.41 Å². The third kappa shape index (κ3) is 1.40. The van der Waals surface area contributed by atoms with Gasteiger partial charge in [-0.3, -0.25) is 0 Å². The van der Waals surface area contributed by atoms with Gasteiger partial charge in [0, 0.05) is 17.7 Å². The molecule has 2 nitrogen and oxygen atoms in total. The lowest BCUT2D eigenvalue weighted by Crippen LogP contribution is -2.31. The number of rotatable bonds is 2. The molecule has 70 valence electrons. The van der Waals surface area contributed by atoms with Gasteiger partial charge in [-0.2, -0.15) is 0 Å². The number of aromatic nitrogens is 1. The normalized spacial score (nSPS) is 21.2. The molecule has 0 saturated heterocycles. The molecular weight excluding hydrogens is 228 g/mol. The molecule has 2 rings (SSSR count). The number of hydrogen-bond acceptors (Lipinski definition) is 2. The molecule has 1 unspecified atom stereocenters. The largest absolute Gasteiger partial charge is 0.327 e. The van der Waals surface area contributed by atoms with E-state index in [1.807, 2.05) is 6.07 Å². The van der Waals surface area contributed by atoms with Gasteiger partial charge in [-0.15, -0.1) is 0 Å². The van der Waals surface area contributed by atoms with E-state index in [2.05, 4.69) is 33.9 Å². The summed E-state index contributed by atoms with van der Waals surface area (Å²) >= 11 is 3.47. The maximum Gasteiger partial charge on any atom is 0.109 e. The predicted molar refractivity (Wildman–Crippen MR) is 56.5 cm³/mol. The Kier molecular flexibility index (Phi) is 2.16. The standard InChI is InChI=1S/C10H13BrN2/c1-7(12)10(4-5-10)8-3-2-6-13-9(8)11/h2-3,6-7H,4-5,12H2,1H3. The van der Waals surface area contributed by atoms with Crippen LogP contribution in [0.3, 0.4) is 0 Å². The Morgan fingerprint density at radius 3 is 2.77 bits per heavy atom. The molecule has 0 spiro atoms. The Bertz CT molecular complexity index is 318. The van der Waals surface area contributed by atoms with Crippen LogP contribution in [0, 0.1) is 0 Å². The monoisotopic (exact) mass is 240 g/mol. The number of pyridine rings is 1. The smallest absolute Gasteiger partial charge is 0.109 e. The third-order valence-corrected chi connectivity index (χ3v) is 3.59. The highest BCUT2D eigenvalue weighted by Crippen LogP contribution is 2.51. The fourth-order valence-electron chi connectivity index (χ4n) is 1.86. The minimum atomic E-state index is 0.201. The lowest BCUT2D eigenvalue weighted by Gasteiger charge is -2.20. The van der Waals surface area contributed by atoms with Gasteiger partial charge in [0.05, 0.1) is 0 Å². The molecule has 2 N–H and O–H groups in total. The second-order valence-electron chi connectivity index (χ2n) is 3.79. The molecule has 1 fully saturated rings. The zero-order valence-corrected chi connectivity index (χ0v) is 9.21. The lowest BCUT2D eigenvalue weighted by atomic mass is 9.91. The van der Waals surface area contributed by atoms with Crippen molar-refractivity contribution < 1.29 is 0 Å². The second-order valence-corrected chi connectivity index (χ2v) is 4.54. The fourth-order valence-corrected chi connectivity index (χ4v) is 2.51. The molecule has 3 heteroatoms. The van der Waals surface area contributed by atoms with Gasteiger partial charge < -0.3 is 5.73 Å². The van der Waals surface area contributed by atoms with E-state index in [-0.39, 0.29) is 11.5 Å². The SMILES string of the molecule is CC(N)C1(c2cccnc2Br)CC1. The second kappa shape index (κ2) is 3.07. The summed E-state index contributed by atoms with van der Waals surface area (Å²) < 4.78 is 0.949. The molecular formula is C10H13BrN2. The summed E-state index contributed by atoms with van der Waals surface area (Å²) in [6, 6.07) is 4.31. The van der Waals surface area contributed by atoms with Crippen molar-refractivity contribution in [2.24, 2.45) is 5.73 Å². The average Bonchev–Trinajstić information content (AvgIpc) is 2.85. The van der Waals surface area contributed by atoms with Crippen LogP contribution in [0.1, 0.15) is 25.3 Å². The average molecular weight is 241 g/mol. The molecule has 0 radical (unpaired) electrons. The van der Waals surface area contributed by atoms with Crippen molar-refractivity contribution in [3.8, 4) is 0 Å². The van der Waals surface area contributed by atoms with Crippen LogP contribution in [0.5, 0.6) is 0 Å². The van der Waals surface area contributed by atoms with E-state index in [1.165, 1.54) is 18.4 Å². The van der Waals surface area contributed by atoms with Gasteiger partial charge in [0.25, 0.3) is 0 Å². The zero-order valence-electron chi connectivity index (χ0n) is 7.63. The van der Waals surface area contributed by atoms with Crippen molar-refractivity contribution in [2.75, 3.05) is 0 Å². The van der Waals surface area contributed by atoms with E-state index in [9.17, 15) is 0 Å². The van der Waals surface area contributed by atoms with Gasteiger partial charge in [0.1, 0.15) is 4.60 Å². The maximum atomic E-state index is 5.98. The summed E-state index contributed by atoms with van der Waals surface area (Å²) in [6.07, 6.45) is 4.18. The van der Waals surface area contributed by atoms with Gasteiger partial charge >= 0.3 is 0 Å². The van der Waals surface area contributed by atoms with E-state index in [4.69, 9.17) is 5.73 Å². The minimum absolute atomic E-state index is 0.201. The van der Waals surface area contributed by atoms with Crippen molar-refractivity contribution in [2.45, 2.75) is 31.2 Å². The van der Waals surface area contributed by atoms with Crippen molar-refractivity contribution >= 4 is 15.9 Å². The first-order valence-corrected chi connectivity index (χ1v) is 5.33. The van der Waals surface area contributed by atoms with Gasteiger partial charge in [-0.05, 0) is 47.3 Å². The van der Waals surface area contributed by atoms with Crippen molar-refractivity contribution in [3.05, 3.63) is 28.5 Å². The number of nitrogens with zero attached hydrogens (tertiary/aromatic N) is 1. The van der Waals surface area contributed by atoms with Crippen molar-refractivity contribution in [1.82, 2.24) is 4.98 Å². The van der Waals surface area contributed by atoms with Crippen molar-refractivity contribution in [3.63, 3.8) is 0 Å². The maximum absolute atomic E-state index is 5.98. The first kappa shape index (κ1) is 9.16. The molecule has 1 aromatic heterocycles. The summed E-state index contributed by atoms with van der Waals surface area (Å²) in [4.78, 5) is 4.23. The molecule has 1 aliphatic carbocycles. The highest BCUT2D eigenvalue weighted by atomic mass is 79.9. The Morgan fingerprint density at radius 1 is 1.62 bits per heavy atom. The summed E-state index contributed by atoms with van der Waals surface area (Å²) in [7, 11) is 0. The van der Waals surface area contributed by atoms with E-state index >= 15 is 0 Å². The zero-order chi connectivity index (χ0) is 9.47. The Balaban J connectivity index is 2.41. The Labute approximate surface area is 86.7 Å². The quantitative estimate of drug-likeness (QED) is 0.806. The number of nitrogens with two attached hydrogens (primary N) is 1. The molecule has 1 atom stereocenters. The van der Waals surface area contributed by atoms with Crippen LogP contribution in [0.25, 0.3) is 0 Å². The highest BCUT2D eigenvalue weighted by Gasteiger charge is 2.48. The molecule has 0 aromatic carbocycles. The topological polar surface area (TPSA) is 38.9 Å². The third-order valence-electron chi connectivity index (χ3n) is 2.96. The van der Waals surface area contributed by atoms with Crippen LogP contribution >= 0.6 is 15.9 Å². The molecule has 0 bridgehead atoms. The molecule has 1 aromatic rings. The molecule has 1 saturated carbocycles. The van der Waals surface area contributed by atoms with E-state index in [0.717, 1.165) is 4.60 Å². The molecule has 13 heavy (non-hydrogen) atoms. The first-order chi connectivity index (χ1) is 6.17. The minimum Gasteiger partial charge on any atom is -0.327 e. The van der Waals surface area contributed by atoms with Crippen LogP contribution in [-0.4, -0.2) is 11.0 Å². The molecule has 1 aliphatic rings. The lowest BCUT2D eigenvalue weighted by molar-refractivity contribution is 0.552. The van der Waals surface area contributed by atoms with Gasteiger partial charge in [-0.25, -0.2) is 4.98 Å². The van der Waals surface area contributed by atoms with Gasteiger partial charge in [0.2, 0.25) is 0 Å². The van der Waals surface area contributed by atoms with Gasteiger partial charge in [-0.1, -0.05) is 6.07 Å². The summed E-state index contributed by atoms with van der Waals surface area (Å²) in [6.45, 7) is 2.08. The van der Waals surface area contributed by atoms with Crippen LogP contribution in [0.2, 0.25) is 0 Å². The fraction of sp³-hybridized carbons (Fsp3) is 0.500. The molecule has 0 amide bonds. The number of hydrogen-bond donors (Lipinski definition) is 1. The van der Waals surface area contributed by atoms with Crippen LogP contribution in [0.4, 0.5) is 0 Å². The van der Waals surface area contributed by atoms with Crippen LogP contribution in [0.15, 0.2) is 22.9 Å². The summed E-state index contributed by atoms with van der Waals surface area (Å²) in [5.74, 6) is 0. The van der Waals surface area contributed by atoms with E-state index in [0.29, 0.717) is 0 Å². The van der Waals surface area contributed by atoms with E-state index < -0.39 is 0 Å². The molecule has 0 aliphatic heterocycles. The van der Waals surface area contributed by atoms with Gasteiger partial charge in [0.15, 0.2) is 0 Å². The summed E-state index contributed by atoms with van der Waals surface area (Å²) in [5.41, 5.74) is 7.45. The summed E-state index contributed by atoms with van der Waals surface area (Å²) in [5, 5.41) is 0. The Morgan fingerprint density at radius 2 is 2.31 bits per heavy atom. The Hall–Kier alpha value is -0.410. The molecule has 1 heterocycles. The van der Waals surface area contributed by atoms with Crippen LogP contribution < -0.4 is 5.73 Å². The predicted octanol–water partition coefficient (Wildman–Crippen LogP) is 2.22. The van der Waals surface area contributed by atoms with E-state index in [1.54, 1.807) is 6.20 Å². The van der Waals surface area contributed by atoms with Crippen molar-refractivity contribution in [1.29, 1.82) is 0 Å². The highest BCUT2D eigenvalue weighted by molar-refractivity contribution is 9.10. The number of halogens is 1.